The van der Waals surface area contributed by atoms with Gasteiger partial charge in [0.2, 0.25) is 0 Å². The van der Waals surface area contributed by atoms with Gasteiger partial charge in [0.25, 0.3) is 6.47 Å². The normalized spacial score (nSPS) is 15.8. The molecule has 1 saturated heterocycles. The van der Waals surface area contributed by atoms with Crippen molar-refractivity contribution >= 4 is 12.4 Å². The van der Waals surface area contributed by atoms with E-state index in [9.17, 15) is 9.59 Å². The largest absolute Gasteiger partial charge is 0.469 e. The maximum Gasteiger partial charge on any atom is 0.306 e. The van der Waals surface area contributed by atoms with E-state index < -0.39 is 0 Å². The van der Waals surface area contributed by atoms with Gasteiger partial charge in [-0.25, -0.2) is 0 Å². The van der Waals surface area contributed by atoms with E-state index in [-0.39, 0.29) is 11.6 Å². The van der Waals surface area contributed by atoms with Crippen molar-refractivity contribution in [2.45, 2.75) is 51.7 Å². The van der Waals surface area contributed by atoms with Crippen molar-refractivity contribution in [1.29, 1.82) is 0 Å². The summed E-state index contributed by atoms with van der Waals surface area (Å²) in [4.78, 5) is 20.4. The summed E-state index contributed by atoms with van der Waals surface area (Å²) in [5, 5.41) is 6.64. The number of nitrogens with one attached hydrogen (secondary N) is 2. The zero-order valence-electron chi connectivity index (χ0n) is 13.0. The summed E-state index contributed by atoms with van der Waals surface area (Å²) in [7, 11) is 1.42. The summed E-state index contributed by atoms with van der Waals surface area (Å²) >= 11 is 0. The topological polar surface area (TPSA) is 76.7 Å². The standard InChI is InChI=1S/C9H18N2O2.C5H10O2/c1-13-9(12)4-7-11-8-2-5-10-6-3-8;1-5(2,3)7-4-6/h8,10-11H,2-7H2,1H3;4H,1-3H3. The lowest BCUT2D eigenvalue weighted by Gasteiger charge is -2.23. The second kappa shape index (κ2) is 10.6. The van der Waals surface area contributed by atoms with Crippen molar-refractivity contribution in [3.63, 3.8) is 0 Å². The molecule has 0 aromatic rings. The van der Waals surface area contributed by atoms with Crippen LogP contribution in [0.25, 0.3) is 0 Å². The molecule has 0 aliphatic carbocycles. The lowest BCUT2D eigenvalue weighted by molar-refractivity contribution is -0.140. The second-order valence-corrected chi connectivity index (χ2v) is 5.63. The van der Waals surface area contributed by atoms with Crippen LogP contribution >= 0.6 is 0 Å². The van der Waals surface area contributed by atoms with E-state index in [1.54, 1.807) is 0 Å². The molecule has 0 saturated carbocycles. The van der Waals surface area contributed by atoms with E-state index in [2.05, 4.69) is 20.1 Å². The summed E-state index contributed by atoms with van der Waals surface area (Å²) in [5.74, 6) is -0.138. The van der Waals surface area contributed by atoms with Crippen LogP contribution in [0.15, 0.2) is 0 Å². The molecule has 0 atom stereocenters. The molecule has 0 aromatic carbocycles. The molecule has 0 unspecified atom stereocenters. The number of hydrogen-bond donors (Lipinski definition) is 2. The minimum absolute atomic E-state index is 0.138. The first-order valence-corrected chi connectivity index (χ1v) is 7.01. The van der Waals surface area contributed by atoms with Gasteiger partial charge in [0.1, 0.15) is 5.60 Å². The van der Waals surface area contributed by atoms with Crippen molar-refractivity contribution in [3.05, 3.63) is 0 Å². The van der Waals surface area contributed by atoms with Crippen molar-refractivity contribution in [2.75, 3.05) is 26.7 Å². The first-order chi connectivity index (χ1) is 9.39. The highest BCUT2D eigenvalue weighted by Crippen LogP contribution is 2.02. The molecule has 1 heterocycles. The van der Waals surface area contributed by atoms with Crippen LogP contribution in [0.3, 0.4) is 0 Å². The number of piperidine rings is 1. The van der Waals surface area contributed by atoms with E-state index in [0.29, 0.717) is 18.9 Å². The van der Waals surface area contributed by atoms with Crippen LogP contribution in [0, 0.1) is 0 Å². The quantitative estimate of drug-likeness (QED) is 0.577. The van der Waals surface area contributed by atoms with E-state index in [4.69, 9.17) is 0 Å². The molecule has 6 nitrogen and oxygen atoms in total. The van der Waals surface area contributed by atoms with Gasteiger partial charge in [-0.15, -0.1) is 0 Å². The monoisotopic (exact) mass is 288 g/mol. The fourth-order valence-electron chi connectivity index (χ4n) is 1.65. The number of ether oxygens (including phenoxy) is 2. The van der Waals surface area contributed by atoms with E-state index >= 15 is 0 Å². The lowest BCUT2D eigenvalue weighted by Crippen LogP contribution is -2.40. The first kappa shape index (κ1) is 18.9. The van der Waals surface area contributed by atoms with Crippen LogP contribution in [0.2, 0.25) is 0 Å². The molecule has 0 spiro atoms. The van der Waals surface area contributed by atoms with E-state index in [1.165, 1.54) is 7.11 Å². The molecule has 1 aliphatic rings. The summed E-state index contributed by atoms with van der Waals surface area (Å²) in [6, 6.07) is 0.575. The molecular formula is C14H28N2O4. The predicted molar refractivity (Wildman–Crippen MR) is 77.4 cm³/mol. The fourth-order valence-corrected chi connectivity index (χ4v) is 1.65. The average Bonchev–Trinajstić information content (AvgIpc) is 2.39. The van der Waals surface area contributed by atoms with Gasteiger partial charge in [-0.05, 0) is 46.7 Å². The third-order valence-electron chi connectivity index (χ3n) is 2.73. The first-order valence-electron chi connectivity index (χ1n) is 7.01. The van der Waals surface area contributed by atoms with Crippen molar-refractivity contribution in [2.24, 2.45) is 0 Å². The molecular weight excluding hydrogens is 260 g/mol. The zero-order valence-corrected chi connectivity index (χ0v) is 13.0. The average molecular weight is 288 g/mol. The smallest absolute Gasteiger partial charge is 0.306 e. The molecule has 2 N–H and O–H groups in total. The molecule has 0 bridgehead atoms. The Bertz CT molecular complexity index is 271. The number of carbonyl (C=O) groups is 2. The SMILES string of the molecule is CC(C)(C)OC=O.COC(=O)CCNC1CCNCC1. The summed E-state index contributed by atoms with van der Waals surface area (Å²) < 4.78 is 9.10. The zero-order chi connectivity index (χ0) is 15.4. The fraction of sp³-hybridized carbons (Fsp3) is 0.857. The molecule has 20 heavy (non-hydrogen) atoms. The van der Waals surface area contributed by atoms with Gasteiger partial charge in [0.05, 0.1) is 13.5 Å². The molecule has 6 heteroatoms. The molecule has 1 aliphatic heterocycles. The van der Waals surface area contributed by atoms with Crippen LogP contribution in [0.4, 0.5) is 0 Å². The highest BCUT2D eigenvalue weighted by atomic mass is 16.5. The summed E-state index contributed by atoms with van der Waals surface area (Å²) in [6.07, 6.45) is 2.78. The van der Waals surface area contributed by atoms with Gasteiger partial charge in [-0.1, -0.05) is 0 Å². The summed E-state index contributed by atoms with van der Waals surface area (Å²) in [6.45, 7) is 8.81. The highest BCUT2D eigenvalue weighted by molar-refractivity contribution is 5.69. The maximum absolute atomic E-state index is 10.8. The maximum atomic E-state index is 10.8. The van der Waals surface area contributed by atoms with Crippen LogP contribution in [0.1, 0.15) is 40.0 Å². The molecule has 0 radical (unpaired) electrons. The predicted octanol–water partition coefficient (Wildman–Crippen LogP) is 0.849. The van der Waals surface area contributed by atoms with Crippen LogP contribution in [-0.2, 0) is 19.1 Å². The van der Waals surface area contributed by atoms with Gasteiger partial charge in [0, 0.05) is 12.6 Å². The minimum atomic E-state index is -0.318. The number of rotatable bonds is 5. The Hall–Kier alpha value is -1.14. The molecule has 118 valence electrons. The third kappa shape index (κ3) is 11.9. The van der Waals surface area contributed by atoms with Crippen LogP contribution in [-0.4, -0.2) is 50.8 Å². The second-order valence-electron chi connectivity index (χ2n) is 5.63. The Kier molecular flexibility index (Phi) is 10.0. The molecule has 0 amide bonds. The number of esters is 1. The third-order valence-corrected chi connectivity index (χ3v) is 2.73. The minimum Gasteiger partial charge on any atom is -0.469 e. The number of methoxy groups -OCH3 is 1. The van der Waals surface area contributed by atoms with Crippen molar-refractivity contribution in [1.82, 2.24) is 10.6 Å². The Balaban J connectivity index is 0.000000441. The van der Waals surface area contributed by atoms with Gasteiger partial charge in [0.15, 0.2) is 0 Å². The van der Waals surface area contributed by atoms with Crippen molar-refractivity contribution < 1.29 is 19.1 Å². The lowest BCUT2D eigenvalue weighted by atomic mass is 10.1. The Labute approximate surface area is 121 Å². The van der Waals surface area contributed by atoms with Crippen LogP contribution < -0.4 is 10.6 Å². The van der Waals surface area contributed by atoms with Crippen molar-refractivity contribution in [3.8, 4) is 0 Å². The molecule has 1 rings (SSSR count). The van der Waals surface area contributed by atoms with Gasteiger partial charge < -0.3 is 20.1 Å². The Morgan fingerprint density at radius 3 is 2.35 bits per heavy atom. The van der Waals surface area contributed by atoms with Crippen LogP contribution in [0.5, 0.6) is 0 Å². The summed E-state index contributed by atoms with van der Waals surface area (Å²) in [5.41, 5.74) is -0.318. The van der Waals surface area contributed by atoms with E-state index in [0.717, 1.165) is 32.5 Å². The van der Waals surface area contributed by atoms with Gasteiger partial charge in [-0.3, -0.25) is 9.59 Å². The van der Waals surface area contributed by atoms with E-state index in [1.807, 2.05) is 20.8 Å². The number of hydrogen-bond acceptors (Lipinski definition) is 6. The number of carbonyl (C=O) groups excluding carboxylic acids is 2. The Morgan fingerprint density at radius 1 is 1.35 bits per heavy atom. The Morgan fingerprint density at radius 2 is 1.95 bits per heavy atom. The molecule has 1 fully saturated rings. The molecule has 0 aromatic heterocycles. The van der Waals surface area contributed by atoms with Gasteiger partial charge >= 0.3 is 5.97 Å². The van der Waals surface area contributed by atoms with Gasteiger partial charge in [-0.2, -0.15) is 0 Å². The highest BCUT2D eigenvalue weighted by Gasteiger charge is 2.12.